The Morgan fingerprint density at radius 2 is 2.04 bits per heavy atom. The Bertz CT molecular complexity index is 860. The number of anilines is 2. The van der Waals surface area contributed by atoms with E-state index in [4.69, 9.17) is 16.0 Å². The van der Waals surface area contributed by atoms with Gasteiger partial charge in [-0.2, -0.15) is 0 Å². The number of fused-ring (bicyclic) bond motifs is 1. The number of benzene rings is 2. The summed E-state index contributed by atoms with van der Waals surface area (Å²) in [6.07, 6.45) is 0. The number of aryl methyl sites for hydroxylation is 1. The number of carbonyl (C=O) groups excluding carboxylic acids is 1. The molecule has 23 heavy (non-hydrogen) atoms. The van der Waals surface area contributed by atoms with Crippen LogP contribution in [0, 0.1) is 6.92 Å². The van der Waals surface area contributed by atoms with Crippen molar-refractivity contribution in [2.45, 2.75) is 19.9 Å². The molecule has 3 rings (SSSR count). The highest BCUT2D eigenvalue weighted by molar-refractivity contribution is 6.30. The zero-order valence-electron chi connectivity index (χ0n) is 12.8. The first-order valence-electron chi connectivity index (χ1n) is 7.21. The van der Waals surface area contributed by atoms with Crippen LogP contribution in [0.15, 0.2) is 46.9 Å². The van der Waals surface area contributed by atoms with Crippen molar-refractivity contribution in [3.8, 4) is 0 Å². The summed E-state index contributed by atoms with van der Waals surface area (Å²) in [6.45, 7) is 3.59. The zero-order chi connectivity index (χ0) is 16.4. The third kappa shape index (κ3) is 3.63. The Kier molecular flexibility index (Phi) is 4.21. The summed E-state index contributed by atoms with van der Waals surface area (Å²) < 4.78 is 5.43. The van der Waals surface area contributed by atoms with Crippen LogP contribution in [0.25, 0.3) is 11.1 Å². The largest absolute Gasteiger partial charge is 0.441 e. The van der Waals surface area contributed by atoms with E-state index in [2.05, 4.69) is 15.6 Å². The Balaban J connectivity index is 1.69. The van der Waals surface area contributed by atoms with Gasteiger partial charge in [-0.3, -0.25) is 4.79 Å². The summed E-state index contributed by atoms with van der Waals surface area (Å²) in [5.41, 5.74) is 2.96. The van der Waals surface area contributed by atoms with Crippen molar-refractivity contribution < 1.29 is 9.21 Å². The van der Waals surface area contributed by atoms with E-state index in [9.17, 15) is 4.79 Å². The van der Waals surface area contributed by atoms with Gasteiger partial charge in [0, 0.05) is 23.3 Å². The first-order valence-corrected chi connectivity index (χ1v) is 7.59. The fourth-order valence-electron chi connectivity index (χ4n) is 2.26. The average molecular weight is 330 g/mol. The van der Waals surface area contributed by atoms with E-state index in [1.165, 1.54) is 0 Å². The molecular weight excluding hydrogens is 314 g/mol. The first kappa shape index (κ1) is 15.4. The SMILES string of the molecule is Cc1nc2cc(N[C@H](C)C(=O)Nc3cccc(Cl)c3)ccc2o1. The maximum absolute atomic E-state index is 12.2. The monoisotopic (exact) mass is 329 g/mol. The second-order valence-electron chi connectivity index (χ2n) is 5.28. The van der Waals surface area contributed by atoms with Gasteiger partial charge in [-0.05, 0) is 43.3 Å². The predicted molar refractivity (Wildman–Crippen MR) is 91.9 cm³/mol. The van der Waals surface area contributed by atoms with Gasteiger partial charge in [0.1, 0.15) is 11.6 Å². The Morgan fingerprint density at radius 3 is 2.83 bits per heavy atom. The van der Waals surface area contributed by atoms with Gasteiger partial charge in [0.15, 0.2) is 11.5 Å². The lowest BCUT2D eigenvalue weighted by molar-refractivity contribution is -0.116. The number of nitrogens with zero attached hydrogens (tertiary/aromatic N) is 1. The van der Waals surface area contributed by atoms with E-state index >= 15 is 0 Å². The van der Waals surface area contributed by atoms with E-state index in [1.807, 2.05) is 18.2 Å². The van der Waals surface area contributed by atoms with E-state index in [0.29, 0.717) is 16.6 Å². The van der Waals surface area contributed by atoms with Gasteiger partial charge in [-0.25, -0.2) is 4.98 Å². The average Bonchev–Trinajstić information content (AvgIpc) is 2.86. The van der Waals surface area contributed by atoms with Crippen molar-refractivity contribution in [3.63, 3.8) is 0 Å². The standard InChI is InChI=1S/C17H16ClN3O2/c1-10(17(22)21-13-5-3-4-12(18)8-13)19-14-6-7-16-15(9-14)20-11(2)23-16/h3-10,19H,1-2H3,(H,21,22)/t10-/m1/s1. The Hall–Kier alpha value is -2.53. The molecule has 0 fully saturated rings. The van der Waals surface area contributed by atoms with Crippen LogP contribution in [0.2, 0.25) is 5.02 Å². The minimum absolute atomic E-state index is 0.149. The molecule has 0 spiro atoms. The van der Waals surface area contributed by atoms with Crippen LogP contribution in [0.3, 0.4) is 0 Å². The molecule has 1 aromatic heterocycles. The summed E-state index contributed by atoms with van der Waals surface area (Å²) in [4.78, 5) is 16.5. The van der Waals surface area contributed by atoms with Crippen LogP contribution >= 0.6 is 11.6 Å². The van der Waals surface area contributed by atoms with Crippen LogP contribution in [-0.2, 0) is 4.79 Å². The molecule has 1 heterocycles. The van der Waals surface area contributed by atoms with Gasteiger partial charge in [0.05, 0.1) is 0 Å². The number of carbonyl (C=O) groups is 1. The van der Waals surface area contributed by atoms with E-state index in [-0.39, 0.29) is 5.91 Å². The summed E-state index contributed by atoms with van der Waals surface area (Å²) in [6, 6.07) is 12.2. The van der Waals surface area contributed by atoms with Crippen LogP contribution in [0.5, 0.6) is 0 Å². The van der Waals surface area contributed by atoms with Gasteiger partial charge >= 0.3 is 0 Å². The maximum atomic E-state index is 12.2. The molecule has 0 saturated heterocycles. The summed E-state index contributed by atoms with van der Waals surface area (Å²) in [5, 5.41) is 6.55. The van der Waals surface area contributed by atoms with Gasteiger partial charge < -0.3 is 15.1 Å². The number of rotatable bonds is 4. The molecule has 5 nitrogen and oxygen atoms in total. The molecule has 6 heteroatoms. The third-order valence-corrected chi connectivity index (χ3v) is 3.60. The second-order valence-corrected chi connectivity index (χ2v) is 5.72. The van der Waals surface area contributed by atoms with Crippen LogP contribution in [0.4, 0.5) is 11.4 Å². The van der Waals surface area contributed by atoms with E-state index < -0.39 is 6.04 Å². The minimum Gasteiger partial charge on any atom is -0.441 e. The van der Waals surface area contributed by atoms with Gasteiger partial charge in [-0.15, -0.1) is 0 Å². The van der Waals surface area contributed by atoms with Crippen LogP contribution < -0.4 is 10.6 Å². The fraction of sp³-hybridized carbons (Fsp3) is 0.176. The molecule has 0 radical (unpaired) electrons. The van der Waals surface area contributed by atoms with Crippen molar-refractivity contribution in [2.24, 2.45) is 0 Å². The highest BCUT2D eigenvalue weighted by Gasteiger charge is 2.13. The van der Waals surface area contributed by atoms with Crippen molar-refractivity contribution in [2.75, 3.05) is 10.6 Å². The smallest absolute Gasteiger partial charge is 0.246 e. The lowest BCUT2D eigenvalue weighted by Crippen LogP contribution is -2.31. The van der Waals surface area contributed by atoms with Crippen molar-refractivity contribution >= 4 is 40.0 Å². The number of aromatic nitrogens is 1. The number of hydrogen-bond donors (Lipinski definition) is 2. The van der Waals surface area contributed by atoms with Gasteiger partial charge in [0.25, 0.3) is 0 Å². The number of amides is 1. The second kappa shape index (κ2) is 6.30. The van der Waals surface area contributed by atoms with Gasteiger partial charge in [-0.1, -0.05) is 17.7 Å². The molecule has 0 aliphatic heterocycles. The molecule has 2 aromatic carbocycles. The summed E-state index contributed by atoms with van der Waals surface area (Å²) in [7, 11) is 0. The predicted octanol–water partition coefficient (Wildman–Crippen LogP) is 4.23. The van der Waals surface area contributed by atoms with Crippen molar-refractivity contribution in [1.82, 2.24) is 4.98 Å². The highest BCUT2D eigenvalue weighted by Crippen LogP contribution is 2.20. The topological polar surface area (TPSA) is 67.2 Å². The normalized spacial score (nSPS) is 12.1. The number of oxazole rings is 1. The highest BCUT2D eigenvalue weighted by atomic mass is 35.5. The number of halogens is 1. The zero-order valence-corrected chi connectivity index (χ0v) is 13.5. The molecule has 118 valence electrons. The number of nitrogens with one attached hydrogen (secondary N) is 2. The quantitative estimate of drug-likeness (QED) is 0.751. The van der Waals surface area contributed by atoms with Crippen molar-refractivity contribution in [1.29, 1.82) is 0 Å². The maximum Gasteiger partial charge on any atom is 0.246 e. The molecule has 0 saturated carbocycles. The molecule has 3 aromatic rings. The Labute approximate surface area is 138 Å². The van der Waals surface area contributed by atoms with Crippen LogP contribution in [-0.4, -0.2) is 16.9 Å². The molecule has 2 N–H and O–H groups in total. The molecule has 0 unspecified atom stereocenters. The fourth-order valence-corrected chi connectivity index (χ4v) is 2.45. The Morgan fingerprint density at radius 1 is 1.22 bits per heavy atom. The molecule has 1 atom stereocenters. The third-order valence-electron chi connectivity index (χ3n) is 3.36. The molecule has 0 aliphatic carbocycles. The van der Waals surface area contributed by atoms with Crippen molar-refractivity contribution in [3.05, 3.63) is 53.4 Å². The summed E-state index contributed by atoms with van der Waals surface area (Å²) >= 11 is 5.91. The van der Waals surface area contributed by atoms with E-state index in [0.717, 1.165) is 16.8 Å². The minimum atomic E-state index is -0.417. The first-order chi connectivity index (χ1) is 11.0. The molecule has 0 bridgehead atoms. The van der Waals surface area contributed by atoms with E-state index in [1.54, 1.807) is 38.1 Å². The summed E-state index contributed by atoms with van der Waals surface area (Å²) in [5.74, 6) is 0.465. The lowest BCUT2D eigenvalue weighted by Gasteiger charge is -2.15. The molecule has 1 amide bonds. The number of hydrogen-bond acceptors (Lipinski definition) is 4. The van der Waals surface area contributed by atoms with Gasteiger partial charge in [0.2, 0.25) is 5.91 Å². The molecule has 0 aliphatic rings. The van der Waals surface area contributed by atoms with Crippen LogP contribution in [0.1, 0.15) is 12.8 Å². The lowest BCUT2D eigenvalue weighted by atomic mass is 10.2. The molecular formula is C17H16ClN3O2.